The predicted molar refractivity (Wildman–Crippen MR) is 46.9 cm³/mol. The molecule has 1 heterocycles. The first-order valence-electron chi connectivity index (χ1n) is 4.17. The molecule has 0 bridgehead atoms. The lowest BCUT2D eigenvalue weighted by Gasteiger charge is -2.07. The highest BCUT2D eigenvalue weighted by atomic mass is 16.5. The number of rotatable bonds is 4. The van der Waals surface area contributed by atoms with E-state index in [2.05, 4.69) is 18.5 Å². The minimum atomic E-state index is 0.343. The van der Waals surface area contributed by atoms with Crippen LogP contribution in [0.1, 0.15) is 26.2 Å². The third kappa shape index (κ3) is 2.37. The Morgan fingerprint density at radius 2 is 2.64 bits per heavy atom. The van der Waals surface area contributed by atoms with E-state index in [0.717, 1.165) is 25.3 Å². The predicted octanol–water partition coefficient (Wildman–Crippen LogP) is 2.16. The Balaban J connectivity index is 2.24. The quantitative estimate of drug-likeness (QED) is 0.567. The van der Waals surface area contributed by atoms with E-state index in [9.17, 15) is 0 Å². The lowest BCUT2D eigenvalue weighted by Crippen LogP contribution is -2.11. The monoisotopic (exact) mass is 153 g/mol. The molecule has 0 aliphatic carbocycles. The maximum absolute atomic E-state index is 5.52. The Kier molecular flexibility index (Phi) is 3.14. The van der Waals surface area contributed by atoms with Gasteiger partial charge in [0, 0.05) is 6.42 Å². The van der Waals surface area contributed by atoms with Crippen molar-refractivity contribution in [2.24, 2.45) is 4.99 Å². The van der Waals surface area contributed by atoms with Gasteiger partial charge in [0.15, 0.2) is 5.90 Å². The van der Waals surface area contributed by atoms with Crippen molar-refractivity contribution in [2.45, 2.75) is 32.3 Å². The smallest absolute Gasteiger partial charge is 0.187 e. The molecule has 1 unspecified atom stereocenters. The summed E-state index contributed by atoms with van der Waals surface area (Å²) in [5.74, 6) is 0.860. The van der Waals surface area contributed by atoms with E-state index in [1.54, 1.807) is 0 Å². The van der Waals surface area contributed by atoms with Crippen molar-refractivity contribution in [3.63, 3.8) is 0 Å². The van der Waals surface area contributed by atoms with E-state index in [4.69, 9.17) is 4.74 Å². The van der Waals surface area contributed by atoms with E-state index in [-0.39, 0.29) is 0 Å². The van der Waals surface area contributed by atoms with Gasteiger partial charge < -0.3 is 4.74 Å². The van der Waals surface area contributed by atoms with Crippen molar-refractivity contribution in [1.82, 2.24) is 0 Å². The van der Waals surface area contributed by atoms with Crippen molar-refractivity contribution < 1.29 is 4.74 Å². The van der Waals surface area contributed by atoms with Gasteiger partial charge in [0.05, 0.1) is 6.54 Å². The fraction of sp³-hybridized carbons (Fsp3) is 0.667. The minimum absolute atomic E-state index is 0.343. The van der Waals surface area contributed by atoms with Crippen molar-refractivity contribution in [2.75, 3.05) is 6.54 Å². The zero-order valence-electron chi connectivity index (χ0n) is 7.05. The molecule has 0 saturated carbocycles. The summed E-state index contributed by atoms with van der Waals surface area (Å²) in [7, 11) is 0. The molecule has 11 heavy (non-hydrogen) atoms. The fourth-order valence-electron chi connectivity index (χ4n) is 1.18. The zero-order chi connectivity index (χ0) is 8.10. The van der Waals surface area contributed by atoms with Gasteiger partial charge in [-0.25, -0.2) is 0 Å². The lowest BCUT2D eigenvalue weighted by molar-refractivity contribution is 0.208. The van der Waals surface area contributed by atoms with E-state index >= 15 is 0 Å². The summed E-state index contributed by atoms with van der Waals surface area (Å²) in [6, 6.07) is 0. The van der Waals surface area contributed by atoms with Gasteiger partial charge in [0.2, 0.25) is 0 Å². The highest BCUT2D eigenvalue weighted by Crippen LogP contribution is 2.11. The van der Waals surface area contributed by atoms with Gasteiger partial charge in [0.25, 0.3) is 0 Å². The summed E-state index contributed by atoms with van der Waals surface area (Å²) < 4.78 is 5.52. The van der Waals surface area contributed by atoms with Crippen LogP contribution in [0, 0.1) is 0 Å². The molecule has 0 aromatic carbocycles. The fourth-order valence-corrected chi connectivity index (χ4v) is 1.18. The zero-order valence-corrected chi connectivity index (χ0v) is 7.05. The van der Waals surface area contributed by atoms with E-state index in [0.29, 0.717) is 6.10 Å². The van der Waals surface area contributed by atoms with Crippen molar-refractivity contribution in [3.8, 4) is 0 Å². The highest BCUT2D eigenvalue weighted by Gasteiger charge is 2.16. The molecule has 0 radical (unpaired) electrons. The van der Waals surface area contributed by atoms with Gasteiger partial charge in [-0.2, -0.15) is 0 Å². The van der Waals surface area contributed by atoms with Crippen LogP contribution in [-0.2, 0) is 4.74 Å². The average molecular weight is 153 g/mol. The van der Waals surface area contributed by atoms with Crippen LogP contribution in [0.25, 0.3) is 0 Å². The summed E-state index contributed by atoms with van der Waals surface area (Å²) in [5.41, 5.74) is 0. The van der Waals surface area contributed by atoms with Gasteiger partial charge in [-0.05, 0) is 6.42 Å². The summed E-state index contributed by atoms with van der Waals surface area (Å²) in [4.78, 5) is 4.25. The second-order valence-electron chi connectivity index (χ2n) is 2.76. The standard InChI is InChI=1S/C9H15NO/c1-3-5-8-7-10-9(11-8)6-4-2/h4,8H,2-3,5-7H2,1H3. The molecule has 62 valence electrons. The molecule has 0 spiro atoms. The third-order valence-corrected chi connectivity index (χ3v) is 1.70. The molecule has 1 atom stereocenters. The van der Waals surface area contributed by atoms with Crippen molar-refractivity contribution in [1.29, 1.82) is 0 Å². The maximum Gasteiger partial charge on any atom is 0.187 e. The first-order chi connectivity index (χ1) is 5.36. The molecule has 0 amide bonds. The van der Waals surface area contributed by atoms with Gasteiger partial charge in [-0.3, -0.25) is 4.99 Å². The van der Waals surface area contributed by atoms with E-state index in [1.165, 1.54) is 6.42 Å². The molecular weight excluding hydrogens is 138 g/mol. The SMILES string of the molecule is C=CCC1=NCC(CCC)O1. The second-order valence-corrected chi connectivity index (χ2v) is 2.76. The third-order valence-electron chi connectivity index (χ3n) is 1.70. The molecule has 0 saturated heterocycles. The summed E-state index contributed by atoms with van der Waals surface area (Å²) in [5, 5.41) is 0. The molecule has 1 aliphatic heterocycles. The number of aliphatic imine (C=N–C) groups is 1. The van der Waals surface area contributed by atoms with Crippen LogP contribution in [0.5, 0.6) is 0 Å². The molecule has 0 aromatic heterocycles. The first-order valence-corrected chi connectivity index (χ1v) is 4.17. The van der Waals surface area contributed by atoms with Crippen molar-refractivity contribution in [3.05, 3.63) is 12.7 Å². The van der Waals surface area contributed by atoms with Crippen LogP contribution in [0.15, 0.2) is 17.6 Å². The molecule has 1 aliphatic rings. The van der Waals surface area contributed by atoms with Crippen LogP contribution < -0.4 is 0 Å². The maximum atomic E-state index is 5.52. The topological polar surface area (TPSA) is 21.6 Å². The highest BCUT2D eigenvalue weighted by molar-refractivity contribution is 5.78. The molecule has 1 rings (SSSR count). The normalized spacial score (nSPS) is 22.6. The van der Waals surface area contributed by atoms with Crippen LogP contribution in [-0.4, -0.2) is 18.5 Å². The van der Waals surface area contributed by atoms with Crippen LogP contribution in [0.2, 0.25) is 0 Å². The summed E-state index contributed by atoms with van der Waals surface area (Å²) >= 11 is 0. The van der Waals surface area contributed by atoms with Crippen LogP contribution in [0.3, 0.4) is 0 Å². The van der Waals surface area contributed by atoms with Crippen molar-refractivity contribution >= 4 is 5.90 Å². The van der Waals surface area contributed by atoms with E-state index < -0.39 is 0 Å². The van der Waals surface area contributed by atoms with Gasteiger partial charge >= 0.3 is 0 Å². The van der Waals surface area contributed by atoms with Gasteiger partial charge in [-0.1, -0.05) is 19.4 Å². The number of ether oxygens (including phenoxy) is 1. The number of hydrogen-bond acceptors (Lipinski definition) is 2. The van der Waals surface area contributed by atoms with Gasteiger partial charge in [-0.15, -0.1) is 6.58 Å². The van der Waals surface area contributed by atoms with E-state index in [1.807, 2.05) is 6.08 Å². The van der Waals surface area contributed by atoms with Gasteiger partial charge in [0.1, 0.15) is 6.10 Å². The molecule has 0 aromatic rings. The van der Waals surface area contributed by atoms with Crippen LogP contribution in [0.4, 0.5) is 0 Å². The Morgan fingerprint density at radius 3 is 3.27 bits per heavy atom. The number of nitrogens with zero attached hydrogens (tertiary/aromatic N) is 1. The average Bonchev–Trinajstić information content (AvgIpc) is 2.38. The summed E-state index contributed by atoms with van der Waals surface area (Å²) in [6.07, 6.45) is 5.23. The molecule has 0 fully saturated rings. The Morgan fingerprint density at radius 1 is 1.82 bits per heavy atom. The second kappa shape index (κ2) is 4.16. The summed E-state index contributed by atoms with van der Waals surface area (Å²) in [6.45, 7) is 6.64. The number of hydrogen-bond donors (Lipinski definition) is 0. The Bertz CT molecular complexity index is 163. The molecule has 2 nitrogen and oxygen atoms in total. The first kappa shape index (κ1) is 8.31. The minimum Gasteiger partial charge on any atom is -0.475 e. The Labute approximate surface area is 68.0 Å². The largest absolute Gasteiger partial charge is 0.475 e. The lowest BCUT2D eigenvalue weighted by atomic mass is 10.2. The molecular formula is C9H15NO. The molecule has 0 N–H and O–H groups in total. The van der Waals surface area contributed by atoms with Crippen LogP contribution >= 0.6 is 0 Å². The molecule has 2 heteroatoms. The Hall–Kier alpha value is -0.790.